The molecule has 4 saturated carbocycles. The normalized spacial score (nSPS) is 30.9. The summed E-state index contributed by atoms with van der Waals surface area (Å²) in [5, 5.41) is 0.941. The summed E-state index contributed by atoms with van der Waals surface area (Å²) in [7, 11) is 0. The van der Waals surface area contributed by atoms with Crippen molar-refractivity contribution in [3.05, 3.63) is 93.3 Å². The molecule has 4 fully saturated rings. The quantitative estimate of drug-likeness (QED) is 0.0965. The number of hydrogen-bond donors (Lipinski definition) is 0. The third-order valence-electron chi connectivity index (χ3n) is 15.4. The van der Waals surface area contributed by atoms with Gasteiger partial charge in [-0.05, 0) is 136 Å². The van der Waals surface area contributed by atoms with Crippen LogP contribution in [-0.4, -0.2) is 46.0 Å². The fraction of sp³-hybridized carbons (Fsp3) is 0.469. The standard InChI is InChI=1S/C49H48N2O9/c1-4-19-49(38-24-40-43-30(22-29-7-5-6-8-39(29)50-43)25-51(40)44(54)35(38)26-58-46(49)56)60-42(53)27-57-32-12-9-28(10-13-32)45(55)59-33-17-20-47(2)31(23-33)11-14-34-36-15-16-41(52)48(36,3)21-18-37(34)47/h5-10,12-13,22,24,31,33-34,36-37H,11,14-18,20-21,23,25-27H2,1-3H3/t31?,33-,34?,36?,37?,47+,48+,49+/m1/s1. The lowest BCUT2D eigenvalue weighted by atomic mass is 9.45. The van der Waals surface area contributed by atoms with Gasteiger partial charge in [0.1, 0.15) is 24.2 Å². The van der Waals surface area contributed by atoms with E-state index in [-0.39, 0.29) is 40.2 Å². The lowest BCUT2D eigenvalue weighted by molar-refractivity contribution is -0.181. The predicted molar refractivity (Wildman–Crippen MR) is 219 cm³/mol. The Balaban J connectivity index is 0.792. The molecular weight excluding hydrogens is 761 g/mol. The van der Waals surface area contributed by atoms with Crippen molar-refractivity contribution in [3.63, 3.8) is 0 Å². The van der Waals surface area contributed by atoms with Crippen LogP contribution in [0.15, 0.2) is 65.5 Å². The van der Waals surface area contributed by atoms with Gasteiger partial charge in [0.2, 0.25) is 0 Å². The van der Waals surface area contributed by atoms with Crippen molar-refractivity contribution in [2.45, 2.75) is 103 Å². The number of para-hydroxylation sites is 1. The van der Waals surface area contributed by atoms with Gasteiger partial charge in [0.15, 0.2) is 6.61 Å². The molecule has 0 saturated heterocycles. The first-order valence-electron chi connectivity index (χ1n) is 21.4. The number of aromatic nitrogens is 2. The molecular formula is C49H48N2O9. The number of carbonyl (C=O) groups excluding carboxylic acids is 4. The van der Waals surface area contributed by atoms with Crippen LogP contribution in [0.1, 0.15) is 106 Å². The van der Waals surface area contributed by atoms with Crippen LogP contribution in [0.25, 0.3) is 22.3 Å². The third-order valence-corrected chi connectivity index (χ3v) is 15.4. The van der Waals surface area contributed by atoms with E-state index in [0.717, 1.165) is 74.3 Å². The molecule has 4 heterocycles. The Bertz CT molecular complexity index is 2620. The van der Waals surface area contributed by atoms with Gasteiger partial charge >= 0.3 is 17.9 Å². The zero-order chi connectivity index (χ0) is 41.6. The number of carbonyl (C=O) groups is 4. The molecule has 4 aromatic rings. The van der Waals surface area contributed by atoms with Crippen LogP contribution in [-0.2, 0) is 47.3 Å². The summed E-state index contributed by atoms with van der Waals surface area (Å²) in [5.74, 6) is 6.25. The Hall–Kier alpha value is -5.76. The van der Waals surface area contributed by atoms with Gasteiger partial charge in [0.05, 0.1) is 34.6 Å². The van der Waals surface area contributed by atoms with Gasteiger partial charge in [-0.25, -0.2) is 19.4 Å². The van der Waals surface area contributed by atoms with Crippen molar-refractivity contribution in [1.82, 2.24) is 9.55 Å². The van der Waals surface area contributed by atoms with E-state index in [4.69, 9.17) is 23.9 Å². The maximum Gasteiger partial charge on any atom is 0.369 e. The first-order valence-corrected chi connectivity index (χ1v) is 21.4. The van der Waals surface area contributed by atoms with Crippen LogP contribution in [0.5, 0.6) is 5.75 Å². The molecule has 8 atom stereocenters. The lowest BCUT2D eigenvalue weighted by Gasteiger charge is -2.60. The third kappa shape index (κ3) is 5.92. The maximum absolute atomic E-state index is 13.9. The molecule has 11 heteroatoms. The number of nitrogens with zero attached hydrogens (tertiary/aromatic N) is 2. The minimum Gasteiger partial charge on any atom is -0.482 e. The molecule has 0 amide bonds. The Morgan fingerprint density at radius 1 is 0.950 bits per heavy atom. The molecule has 308 valence electrons. The van der Waals surface area contributed by atoms with Gasteiger partial charge < -0.3 is 23.5 Å². The summed E-state index contributed by atoms with van der Waals surface area (Å²) in [4.78, 5) is 71.9. The van der Waals surface area contributed by atoms with Crippen LogP contribution >= 0.6 is 0 Å². The largest absolute Gasteiger partial charge is 0.482 e. The highest BCUT2D eigenvalue weighted by Gasteiger charge is 2.60. The van der Waals surface area contributed by atoms with Gasteiger partial charge in [0, 0.05) is 28.3 Å². The fourth-order valence-corrected chi connectivity index (χ4v) is 12.3. The smallest absolute Gasteiger partial charge is 0.369 e. The Morgan fingerprint density at radius 2 is 1.77 bits per heavy atom. The summed E-state index contributed by atoms with van der Waals surface area (Å²) in [5.41, 5.74) is 0.898. The minimum absolute atomic E-state index is 0.127. The van der Waals surface area contributed by atoms with E-state index >= 15 is 0 Å². The number of ether oxygens (including phenoxy) is 4. The summed E-state index contributed by atoms with van der Waals surface area (Å²) >= 11 is 0. The van der Waals surface area contributed by atoms with Crippen LogP contribution in [0.4, 0.5) is 0 Å². The second kappa shape index (κ2) is 14.2. The summed E-state index contributed by atoms with van der Waals surface area (Å²) in [6.07, 6.45) is 8.74. The highest BCUT2D eigenvalue weighted by atomic mass is 16.6. The molecule has 6 aliphatic rings. The first-order chi connectivity index (χ1) is 28.9. The van der Waals surface area contributed by atoms with Crippen molar-refractivity contribution in [3.8, 4) is 29.0 Å². The molecule has 0 bridgehead atoms. The topological polar surface area (TPSA) is 140 Å². The first kappa shape index (κ1) is 38.4. The number of Topliss-reactive ketones (excluding diaryl/α,β-unsaturated/α-hetero) is 1. The number of esters is 3. The molecule has 60 heavy (non-hydrogen) atoms. The average molecular weight is 809 g/mol. The summed E-state index contributed by atoms with van der Waals surface area (Å²) in [6, 6.07) is 17.7. The molecule has 2 aliphatic heterocycles. The SMILES string of the molecule is CC#C[C@@]1(OC(=O)COc2ccc(C(=O)O[C@@H]3CC[C@@]4(C)C(CCC5C4CC[C@]4(C)C(=O)CCC54)C3)cc2)C(=O)OCc2c1cc1n(c2=O)Cc2cc3ccccc3nc2-1. The second-order valence-electron chi connectivity index (χ2n) is 18.3. The molecule has 4 unspecified atom stereocenters. The number of pyridine rings is 2. The molecule has 0 radical (unpaired) electrons. The van der Waals surface area contributed by atoms with Crippen LogP contribution in [0, 0.1) is 46.3 Å². The monoisotopic (exact) mass is 808 g/mol. The Morgan fingerprint density at radius 3 is 2.58 bits per heavy atom. The predicted octanol–water partition coefficient (Wildman–Crippen LogP) is 7.46. The number of fused-ring (bicyclic) bond motifs is 10. The maximum atomic E-state index is 13.9. The lowest BCUT2D eigenvalue weighted by Crippen LogP contribution is -2.54. The fourth-order valence-electron chi connectivity index (χ4n) is 12.3. The van der Waals surface area contributed by atoms with Gasteiger partial charge in [-0.2, -0.15) is 0 Å². The van der Waals surface area contributed by atoms with Gasteiger partial charge in [0.25, 0.3) is 11.2 Å². The van der Waals surface area contributed by atoms with Crippen LogP contribution < -0.4 is 10.3 Å². The molecule has 2 aromatic heterocycles. The number of cyclic esters (lactones) is 1. The van der Waals surface area contributed by atoms with Crippen molar-refractivity contribution in [2.24, 2.45) is 34.5 Å². The summed E-state index contributed by atoms with van der Waals surface area (Å²) in [6.45, 7) is 5.61. The van der Waals surface area contributed by atoms with Crippen molar-refractivity contribution in [2.75, 3.05) is 6.61 Å². The van der Waals surface area contributed by atoms with Gasteiger partial charge in [-0.15, -0.1) is 5.92 Å². The van der Waals surface area contributed by atoms with E-state index in [1.165, 1.54) is 6.92 Å². The highest BCUT2D eigenvalue weighted by molar-refractivity contribution is 5.92. The van der Waals surface area contributed by atoms with Crippen LogP contribution in [0.2, 0.25) is 0 Å². The molecule has 10 rings (SSSR count). The average Bonchev–Trinajstić information content (AvgIpc) is 3.76. The van der Waals surface area contributed by atoms with Crippen molar-refractivity contribution >= 4 is 34.6 Å². The molecule has 0 spiro atoms. The number of benzene rings is 2. The van der Waals surface area contributed by atoms with E-state index in [0.29, 0.717) is 58.7 Å². The highest BCUT2D eigenvalue weighted by Crippen LogP contribution is 2.65. The van der Waals surface area contributed by atoms with Crippen molar-refractivity contribution < 1.29 is 38.1 Å². The Labute approximate surface area is 348 Å². The number of hydrogen-bond acceptors (Lipinski definition) is 10. The zero-order valence-electron chi connectivity index (χ0n) is 34.2. The van der Waals surface area contributed by atoms with Gasteiger partial charge in [-0.3, -0.25) is 9.59 Å². The number of rotatable bonds is 6. The van der Waals surface area contributed by atoms with E-state index in [1.807, 2.05) is 30.3 Å². The summed E-state index contributed by atoms with van der Waals surface area (Å²) < 4.78 is 24.7. The van der Waals surface area contributed by atoms with E-state index in [2.05, 4.69) is 25.7 Å². The minimum atomic E-state index is -2.20. The van der Waals surface area contributed by atoms with Crippen LogP contribution in [0.3, 0.4) is 0 Å². The number of ketones is 1. The van der Waals surface area contributed by atoms with Crippen molar-refractivity contribution in [1.29, 1.82) is 0 Å². The second-order valence-corrected chi connectivity index (χ2v) is 18.3. The Kier molecular flexibility index (Phi) is 9.08. The van der Waals surface area contributed by atoms with E-state index in [9.17, 15) is 24.0 Å². The van der Waals surface area contributed by atoms with E-state index < -0.39 is 30.1 Å². The molecule has 11 nitrogen and oxygen atoms in total. The van der Waals surface area contributed by atoms with Gasteiger partial charge in [-0.1, -0.05) is 32.0 Å². The van der Waals surface area contributed by atoms with E-state index in [1.54, 1.807) is 34.9 Å². The molecule has 0 N–H and O–H groups in total. The molecule has 2 aromatic carbocycles. The zero-order valence-corrected chi connectivity index (χ0v) is 34.2. The molecule has 4 aliphatic carbocycles.